The molecule has 0 spiro atoms. The minimum absolute atomic E-state index is 0.0103. The zero-order chi connectivity index (χ0) is 18.1. The average Bonchev–Trinajstić information content (AvgIpc) is 2.69. The summed E-state index contributed by atoms with van der Waals surface area (Å²) in [6.45, 7) is 5.57. The molecule has 1 fully saturated rings. The van der Waals surface area contributed by atoms with Crippen LogP contribution in [0, 0.1) is 13.8 Å². The second-order valence-corrected chi connectivity index (χ2v) is 6.62. The lowest BCUT2D eigenvalue weighted by Gasteiger charge is -2.33. The zero-order valence-corrected chi connectivity index (χ0v) is 15.0. The third kappa shape index (κ3) is 3.18. The van der Waals surface area contributed by atoms with Crippen LogP contribution < -0.4 is 0 Å². The Kier molecular flexibility index (Phi) is 4.39. The van der Waals surface area contributed by atoms with E-state index in [1.54, 1.807) is 0 Å². The van der Waals surface area contributed by atoms with Gasteiger partial charge >= 0.3 is 0 Å². The number of nitrogens with zero attached hydrogens (tertiary/aromatic N) is 3. The summed E-state index contributed by atoms with van der Waals surface area (Å²) in [5.41, 5.74) is 5.11. The Morgan fingerprint density at radius 3 is 2.54 bits per heavy atom. The van der Waals surface area contributed by atoms with E-state index in [1.807, 2.05) is 67.3 Å². The van der Waals surface area contributed by atoms with Crippen LogP contribution in [0.1, 0.15) is 33.4 Å². The molecule has 4 rings (SSSR count). The van der Waals surface area contributed by atoms with Gasteiger partial charge in [0.25, 0.3) is 5.91 Å². The maximum absolute atomic E-state index is 13.0. The number of aromatic nitrogens is 2. The van der Waals surface area contributed by atoms with Gasteiger partial charge in [0.05, 0.1) is 35.6 Å². The number of carbonyl (C=O) groups excluding carboxylic acids is 1. The first kappa shape index (κ1) is 16.7. The molecular formula is C21H21N3O2. The number of benzene rings is 2. The molecule has 5 heteroatoms. The van der Waals surface area contributed by atoms with Gasteiger partial charge in [-0.2, -0.15) is 0 Å². The van der Waals surface area contributed by atoms with Gasteiger partial charge in [0.2, 0.25) is 0 Å². The van der Waals surface area contributed by atoms with E-state index in [2.05, 4.69) is 9.97 Å². The van der Waals surface area contributed by atoms with Crippen LogP contribution >= 0.6 is 0 Å². The number of carbonyl (C=O) groups is 1. The lowest BCUT2D eigenvalue weighted by molar-refractivity contribution is -0.0228. The summed E-state index contributed by atoms with van der Waals surface area (Å²) < 4.78 is 5.86. The normalized spacial score (nSPS) is 17.5. The van der Waals surface area contributed by atoms with Crippen molar-refractivity contribution in [1.29, 1.82) is 0 Å². The van der Waals surface area contributed by atoms with Crippen molar-refractivity contribution in [2.24, 2.45) is 0 Å². The molecule has 1 aliphatic rings. The number of rotatable bonds is 2. The van der Waals surface area contributed by atoms with Gasteiger partial charge in [0.15, 0.2) is 0 Å². The third-order valence-electron chi connectivity index (χ3n) is 4.85. The van der Waals surface area contributed by atoms with E-state index in [4.69, 9.17) is 4.74 Å². The fraction of sp³-hybridized carbons (Fsp3) is 0.286. The fourth-order valence-corrected chi connectivity index (χ4v) is 3.25. The highest BCUT2D eigenvalue weighted by Gasteiger charge is 2.26. The quantitative estimate of drug-likeness (QED) is 0.712. The van der Waals surface area contributed by atoms with Gasteiger partial charge in [-0.1, -0.05) is 30.3 Å². The molecule has 1 aromatic heterocycles. The van der Waals surface area contributed by atoms with Gasteiger partial charge in [-0.25, -0.2) is 9.97 Å². The number of hydrogen-bond acceptors (Lipinski definition) is 4. The predicted molar refractivity (Wildman–Crippen MR) is 100 cm³/mol. The summed E-state index contributed by atoms with van der Waals surface area (Å²) in [7, 11) is 0. The molecule has 1 atom stereocenters. The molecule has 1 saturated heterocycles. The van der Waals surface area contributed by atoms with Crippen LogP contribution in [0.15, 0.2) is 48.5 Å². The van der Waals surface area contributed by atoms with Gasteiger partial charge in [-0.05, 0) is 37.6 Å². The summed E-state index contributed by atoms with van der Waals surface area (Å²) in [6, 6.07) is 15.6. The fourth-order valence-electron chi connectivity index (χ4n) is 3.25. The molecule has 1 amide bonds. The minimum atomic E-state index is -0.0842. The van der Waals surface area contributed by atoms with Gasteiger partial charge < -0.3 is 9.64 Å². The first-order valence-corrected chi connectivity index (χ1v) is 8.82. The molecule has 0 N–H and O–H groups in total. The molecule has 2 heterocycles. The van der Waals surface area contributed by atoms with Gasteiger partial charge in [-0.15, -0.1) is 0 Å². The maximum atomic E-state index is 13.0. The Labute approximate surface area is 152 Å². The predicted octanol–water partition coefficient (Wildman–Crippen LogP) is 3.46. The van der Waals surface area contributed by atoms with Crippen molar-refractivity contribution in [3.63, 3.8) is 0 Å². The van der Waals surface area contributed by atoms with Crippen LogP contribution in [0.2, 0.25) is 0 Å². The summed E-state index contributed by atoms with van der Waals surface area (Å²) >= 11 is 0. The summed E-state index contributed by atoms with van der Waals surface area (Å²) in [5.74, 6) is 0.0103. The molecule has 0 radical (unpaired) electrons. The highest BCUT2D eigenvalue weighted by molar-refractivity contribution is 5.97. The van der Waals surface area contributed by atoms with Crippen molar-refractivity contribution >= 4 is 16.9 Å². The standard InChI is InChI=1S/C21H21N3O2/c1-14-15(2)23-19-12-17(8-9-18(19)22-14)21(25)24-10-11-26-20(13-24)16-6-4-3-5-7-16/h3-9,12,20H,10-11,13H2,1-2H3. The van der Waals surface area contributed by atoms with E-state index in [0.717, 1.165) is 28.0 Å². The SMILES string of the molecule is Cc1nc2ccc(C(=O)N3CCOC(c4ccccc4)C3)cc2nc1C. The Hall–Kier alpha value is -2.79. The molecule has 26 heavy (non-hydrogen) atoms. The Balaban J connectivity index is 1.58. The molecule has 132 valence electrons. The second kappa shape index (κ2) is 6.84. The van der Waals surface area contributed by atoms with Crippen LogP contribution in [0.3, 0.4) is 0 Å². The first-order valence-electron chi connectivity index (χ1n) is 8.82. The molecule has 0 bridgehead atoms. The van der Waals surface area contributed by atoms with Crippen molar-refractivity contribution < 1.29 is 9.53 Å². The van der Waals surface area contributed by atoms with E-state index in [1.165, 1.54) is 0 Å². The Bertz CT molecular complexity index is 956. The van der Waals surface area contributed by atoms with Crippen LogP contribution in [0.25, 0.3) is 11.0 Å². The van der Waals surface area contributed by atoms with E-state index < -0.39 is 0 Å². The van der Waals surface area contributed by atoms with Crippen LogP contribution in [0.5, 0.6) is 0 Å². The number of fused-ring (bicyclic) bond motifs is 1. The maximum Gasteiger partial charge on any atom is 0.254 e. The van der Waals surface area contributed by atoms with E-state index in [9.17, 15) is 4.79 Å². The van der Waals surface area contributed by atoms with Gasteiger partial charge in [0, 0.05) is 12.1 Å². The van der Waals surface area contributed by atoms with Crippen LogP contribution in [-0.4, -0.2) is 40.5 Å². The summed E-state index contributed by atoms with van der Waals surface area (Å²) in [4.78, 5) is 24.0. The first-order chi connectivity index (χ1) is 12.6. The van der Waals surface area contributed by atoms with Crippen LogP contribution in [0.4, 0.5) is 0 Å². The molecule has 3 aromatic rings. The zero-order valence-electron chi connectivity index (χ0n) is 15.0. The van der Waals surface area contributed by atoms with Crippen LogP contribution in [-0.2, 0) is 4.74 Å². The van der Waals surface area contributed by atoms with Gasteiger partial charge in [0.1, 0.15) is 6.10 Å². The molecule has 2 aromatic carbocycles. The largest absolute Gasteiger partial charge is 0.370 e. The third-order valence-corrected chi connectivity index (χ3v) is 4.85. The number of hydrogen-bond donors (Lipinski definition) is 0. The van der Waals surface area contributed by atoms with Crippen molar-refractivity contribution in [2.45, 2.75) is 20.0 Å². The average molecular weight is 347 g/mol. The highest BCUT2D eigenvalue weighted by Crippen LogP contribution is 2.24. The molecule has 1 unspecified atom stereocenters. The smallest absolute Gasteiger partial charge is 0.254 e. The van der Waals surface area contributed by atoms with E-state index in [-0.39, 0.29) is 12.0 Å². The number of amides is 1. The number of ether oxygens (including phenoxy) is 1. The lowest BCUT2D eigenvalue weighted by atomic mass is 10.1. The van der Waals surface area contributed by atoms with Crippen molar-refractivity contribution in [3.05, 3.63) is 71.0 Å². The van der Waals surface area contributed by atoms with E-state index >= 15 is 0 Å². The van der Waals surface area contributed by atoms with E-state index in [0.29, 0.717) is 25.3 Å². The molecule has 0 saturated carbocycles. The summed E-state index contributed by atoms with van der Waals surface area (Å²) in [6.07, 6.45) is -0.0842. The highest BCUT2D eigenvalue weighted by atomic mass is 16.5. The van der Waals surface area contributed by atoms with Crippen molar-refractivity contribution in [2.75, 3.05) is 19.7 Å². The molecule has 1 aliphatic heterocycles. The molecular weight excluding hydrogens is 326 g/mol. The minimum Gasteiger partial charge on any atom is -0.370 e. The Morgan fingerprint density at radius 1 is 1.04 bits per heavy atom. The second-order valence-electron chi connectivity index (χ2n) is 6.62. The summed E-state index contributed by atoms with van der Waals surface area (Å²) in [5, 5.41) is 0. The molecule has 5 nitrogen and oxygen atoms in total. The Morgan fingerprint density at radius 2 is 1.77 bits per heavy atom. The lowest BCUT2D eigenvalue weighted by Crippen LogP contribution is -2.42. The van der Waals surface area contributed by atoms with Crippen molar-refractivity contribution in [1.82, 2.24) is 14.9 Å². The number of morpholine rings is 1. The number of aryl methyl sites for hydroxylation is 2. The van der Waals surface area contributed by atoms with Crippen molar-refractivity contribution in [3.8, 4) is 0 Å². The van der Waals surface area contributed by atoms with Gasteiger partial charge in [-0.3, -0.25) is 4.79 Å². The molecule has 0 aliphatic carbocycles. The topological polar surface area (TPSA) is 55.3 Å². The monoisotopic (exact) mass is 347 g/mol.